The number of hydrogen-bond acceptors (Lipinski definition) is 3. The van der Waals surface area contributed by atoms with E-state index in [-0.39, 0.29) is 12.4 Å². The Morgan fingerprint density at radius 2 is 1.82 bits per heavy atom. The van der Waals surface area contributed by atoms with Crippen molar-refractivity contribution in [2.45, 2.75) is 50.8 Å². The maximum Gasteiger partial charge on any atom is 0.405 e. The summed E-state index contributed by atoms with van der Waals surface area (Å²) in [6.07, 6.45) is -6.55. The third-order valence-corrected chi connectivity index (χ3v) is 7.30. The van der Waals surface area contributed by atoms with E-state index in [0.29, 0.717) is 33.4 Å². The Balaban J connectivity index is 1.84. The molecule has 0 amide bonds. The Kier molecular flexibility index (Phi) is 4.51. The first-order valence-corrected chi connectivity index (χ1v) is 10.8. The van der Waals surface area contributed by atoms with Gasteiger partial charge in [-0.3, -0.25) is 4.79 Å². The molecule has 3 aromatic rings. The smallest absolute Gasteiger partial charge is 0.405 e. The molecule has 2 heterocycles. The molecule has 0 radical (unpaired) electrons. The summed E-state index contributed by atoms with van der Waals surface area (Å²) in [4.78, 5) is 11.8. The van der Waals surface area contributed by atoms with Gasteiger partial charge in [0.2, 0.25) is 0 Å². The quantitative estimate of drug-likeness (QED) is 0.464. The number of aromatic hydroxyl groups is 1. The van der Waals surface area contributed by atoms with Crippen LogP contribution in [0.5, 0.6) is 5.75 Å². The molecule has 1 aliphatic carbocycles. The van der Waals surface area contributed by atoms with Crippen LogP contribution in [-0.4, -0.2) is 33.5 Å². The molecule has 9 heteroatoms. The molecule has 5 rings (SSSR count). The van der Waals surface area contributed by atoms with Gasteiger partial charge in [-0.15, -0.1) is 0 Å². The van der Waals surface area contributed by atoms with Crippen LogP contribution in [0.4, 0.5) is 17.6 Å². The fraction of sp³-hybridized carbons (Fsp3) is 0.400. The van der Waals surface area contributed by atoms with Crippen molar-refractivity contribution in [3.8, 4) is 11.4 Å². The lowest BCUT2D eigenvalue weighted by molar-refractivity contribution is -0.307. The zero-order valence-electron chi connectivity index (χ0n) is 18.8. The third-order valence-electron chi connectivity index (χ3n) is 7.30. The molecule has 0 saturated heterocycles. The summed E-state index contributed by atoms with van der Waals surface area (Å²) in [6, 6.07) is 9.30. The lowest BCUT2D eigenvalue weighted by atomic mass is 9.54. The van der Waals surface area contributed by atoms with Crippen molar-refractivity contribution in [1.29, 1.82) is 0 Å². The van der Waals surface area contributed by atoms with E-state index in [1.165, 1.54) is 12.1 Å². The number of fused-ring (bicyclic) bond motifs is 4. The Morgan fingerprint density at radius 3 is 2.41 bits per heavy atom. The van der Waals surface area contributed by atoms with Crippen molar-refractivity contribution in [1.82, 2.24) is 4.57 Å². The van der Waals surface area contributed by atoms with Crippen LogP contribution in [0.25, 0.3) is 16.6 Å². The second kappa shape index (κ2) is 6.75. The number of hydrogen-bond donors (Lipinski definition) is 2. The minimum Gasteiger partial charge on any atom is -0.507 e. The lowest BCUT2D eigenvalue weighted by Crippen LogP contribution is -2.64. The predicted molar refractivity (Wildman–Crippen MR) is 116 cm³/mol. The van der Waals surface area contributed by atoms with Crippen LogP contribution < -0.4 is 0 Å². The topological polar surface area (TPSA) is 71.7 Å². The van der Waals surface area contributed by atoms with Crippen LogP contribution in [0.3, 0.4) is 0 Å². The predicted octanol–water partition coefficient (Wildman–Crippen LogP) is 5.71. The first-order valence-electron chi connectivity index (χ1n) is 10.8. The molecule has 34 heavy (non-hydrogen) atoms. The summed E-state index contributed by atoms with van der Waals surface area (Å²) in [6.45, 7) is 5.40. The number of alkyl halides is 3. The summed E-state index contributed by atoms with van der Waals surface area (Å²) >= 11 is 0. The molecule has 1 aromatic heterocycles. The highest BCUT2D eigenvalue weighted by molar-refractivity contribution is 5.94. The van der Waals surface area contributed by atoms with E-state index in [4.69, 9.17) is 4.74 Å². The monoisotopic (exact) mass is 477 g/mol. The number of aromatic nitrogens is 1. The number of carboxylic acids is 1. The Bertz CT molecular complexity index is 1350. The average Bonchev–Trinajstić information content (AvgIpc) is 3.06. The number of aryl methyl sites for hydroxylation is 1. The van der Waals surface area contributed by atoms with Crippen molar-refractivity contribution in [2.24, 2.45) is 5.41 Å². The number of halogens is 4. The molecule has 5 nitrogen and oxygen atoms in total. The molecule has 1 spiro atoms. The van der Waals surface area contributed by atoms with E-state index in [9.17, 15) is 32.6 Å². The van der Waals surface area contributed by atoms with Gasteiger partial charge in [0.15, 0.2) is 5.41 Å². The molecule has 0 unspecified atom stereocenters. The van der Waals surface area contributed by atoms with E-state index in [0.717, 1.165) is 0 Å². The first-order chi connectivity index (χ1) is 15.7. The van der Waals surface area contributed by atoms with E-state index in [1.807, 2.05) is 18.4 Å². The number of ether oxygens (including phenoxy) is 1. The molecule has 180 valence electrons. The number of aliphatic carboxylic acids is 1. The van der Waals surface area contributed by atoms with Gasteiger partial charge in [-0.1, -0.05) is 19.9 Å². The minimum atomic E-state index is -4.96. The van der Waals surface area contributed by atoms with Gasteiger partial charge in [0.1, 0.15) is 11.6 Å². The molecule has 1 saturated carbocycles. The summed E-state index contributed by atoms with van der Waals surface area (Å²) < 4.78 is 63.6. The lowest BCUT2D eigenvalue weighted by Gasteiger charge is -2.57. The number of carboxylic acid groups (broad SMARTS) is 1. The second-order valence-electron chi connectivity index (χ2n) is 10.1. The van der Waals surface area contributed by atoms with Gasteiger partial charge in [0.25, 0.3) is 0 Å². The van der Waals surface area contributed by atoms with Gasteiger partial charge in [-0.2, -0.15) is 13.2 Å². The average molecular weight is 477 g/mol. The number of phenols is 1. The van der Waals surface area contributed by atoms with Crippen molar-refractivity contribution in [3.63, 3.8) is 0 Å². The van der Waals surface area contributed by atoms with Crippen LogP contribution in [0.2, 0.25) is 0 Å². The summed E-state index contributed by atoms with van der Waals surface area (Å²) in [5.41, 5.74) is -2.70. The fourth-order valence-corrected chi connectivity index (χ4v) is 5.58. The zero-order valence-corrected chi connectivity index (χ0v) is 18.8. The Labute approximate surface area is 192 Å². The maximum absolute atomic E-state index is 14.0. The van der Waals surface area contributed by atoms with E-state index < -0.39 is 47.2 Å². The molecule has 0 bridgehead atoms. The highest BCUT2D eigenvalue weighted by Crippen LogP contribution is 2.67. The maximum atomic E-state index is 14.0. The molecular weight excluding hydrogens is 454 g/mol. The summed E-state index contributed by atoms with van der Waals surface area (Å²) in [5.74, 6) is -2.49. The number of carbonyl (C=O) groups is 1. The number of phenolic OH excluding ortho intramolecular Hbond substituents is 1. The number of benzene rings is 2. The van der Waals surface area contributed by atoms with E-state index in [2.05, 4.69) is 0 Å². The fourth-order valence-electron chi connectivity index (χ4n) is 5.58. The number of nitrogens with zero attached hydrogens (tertiary/aromatic N) is 1. The summed E-state index contributed by atoms with van der Waals surface area (Å²) in [5, 5.41) is 20.7. The highest BCUT2D eigenvalue weighted by atomic mass is 19.4. The first kappa shape index (κ1) is 22.7. The number of rotatable bonds is 2. The van der Waals surface area contributed by atoms with Crippen molar-refractivity contribution < 1.29 is 37.3 Å². The van der Waals surface area contributed by atoms with Gasteiger partial charge in [0, 0.05) is 40.6 Å². The van der Waals surface area contributed by atoms with Gasteiger partial charge in [-0.25, -0.2) is 4.39 Å². The van der Waals surface area contributed by atoms with Crippen molar-refractivity contribution in [2.75, 3.05) is 6.61 Å². The Morgan fingerprint density at radius 1 is 1.15 bits per heavy atom. The van der Waals surface area contributed by atoms with E-state index in [1.54, 1.807) is 31.2 Å². The molecule has 1 aliphatic heterocycles. The van der Waals surface area contributed by atoms with Crippen molar-refractivity contribution >= 4 is 16.9 Å². The standard InChI is InChI=1S/C25H23F4NO4/c1-13-9-14(7-8-15(13)26)30-16-5-4-6-17(31)18(16)19-20(30)22(2,3)12-34-24(19)10-23(11-24,21(32)33)25(27,28)29/h4-9,31H,10-12H2,1-3H3,(H,32,33). The van der Waals surface area contributed by atoms with Crippen molar-refractivity contribution in [3.05, 3.63) is 59.0 Å². The largest absolute Gasteiger partial charge is 0.507 e. The highest BCUT2D eigenvalue weighted by Gasteiger charge is 2.75. The Hall–Kier alpha value is -3.07. The SMILES string of the molecule is Cc1cc(-n2c3c(c4c(O)cccc42)C2(CC(C(=O)O)(C(F)(F)F)C2)OCC3(C)C)ccc1F. The molecule has 2 N–H and O–H groups in total. The van der Waals surface area contributed by atoms with Crippen LogP contribution in [-0.2, 0) is 20.5 Å². The van der Waals surface area contributed by atoms with Crippen LogP contribution in [0, 0.1) is 18.2 Å². The van der Waals surface area contributed by atoms with Gasteiger partial charge < -0.3 is 19.5 Å². The zero-order chi connectivity index (χ0) is 24.8. The van der Waals surface area contributed by atoms with Crippen LogP contribution in [0.1, 0.15) is 43.5 Å². The van der Waals surface area contributed by atoms with Crippen LogP contribution >= 0.6 is 0 Å². The van der Waals surface area contributed by atoms with E-state index >= 15 is 0 Å². The summed E-state index contributed by atoms with van der Waals surface area (Å²) in [7, 11) is 0. The second-order valence-corrected chi connectivity index (χ2v) is 10.1. The van der Waals surface area contributed by atoms with Gasteiger partial charge in [-0.05, 0) is 42.8 Å². The molecular formula is C25H23F4NO4. The normalized spacial score (nSPS) is 25.9. The molecule has 1 fully saturated rings. The molecule has 2 aromatic carbocycles. The minimum absolute atomic E-state index is 0.0464. The van der Waals surface area contributed by atoms with Gasteiger partial charge in [0.05, 0.1) is 17.7 Å². The van der Waals surface area contributed by atoms with Crippen LogP contribution in [0.15, 0.2) is 36.4 Å². The molecule has 2 aliphatic rings. The van der Waals surface area contributed by atoms with Gasteiger partial charge >= 0.3 is 12.1 Å². The molecule has 0 atom stereocenters. The third kappa shape index (κ3) is 2.79.